The van der Waals surface area contributed by atoms with E-state index in [2.05, 4.69) is 40.2 Å². The van der Waals surface area contributed by atoms with Gasteiger partial charge in [-0.25, -0.2) is 4.79 Å². The van der Waals surface area contributed by atoms with Gasteiger partial charge < -0.3 is 4.74 Å². The Bertz CT molecular complexity index is 654. The van der Waals surface area contributed by atoms with Crippen LogP contribution in [0.4, 0.5) is 0 Å². The first-order valence-electron chi connectivity index (χ1n) is 8.59. The maximum absolute atomic E-state index is 12.1. The lowest BCUT2D eigenvalue weighted by atomic mass is 10.0. The molecule has 0 aliphatic rings. The van der Waals surface area contributed by atoms with E-state index in [1.165, 1.54) is 12.8 Å². The van der Waals surface area contributed by atoms with Crippen LogP contribution in [0, 0.1) is 0 Å². The molecule has 0 bridgehead atoms. The molecule has 0 aliphatic heterocycles. The van der Waals surface area contributed by atoms with Crippen molar-refractivity contribution in [2.75, 3.05) is 19.7 Å². The summed E-state index contributed by atoms with van der Waals surface area (Å²) in [5, 5.41) is 10.7. The normalized spacial score (nSPS) is 11.0. The third-order valence-corrected chi connectivity index (χ3v) is 3.96. The van der Waals surface area contributed by atoms with Crippen molar-refractivity contribution in [3.63, 3.8) is 0 Å². The van der Waals surface area contributed by atoms with Crippen molar-refractivity contribution in [3.8, 4) is 11.3 Å². The maximum Gasteiger partial charge on any atom is 0.361 e. The fourth-order valence-electron chi connectivity index (χ4n) is 2.62. The fourth-order valence-corrected chi connectivity index (χ4v) is 2.62. The molecule has 0 atom stereocenters. The Hall–Kier alpha value is -2.21. The number of hydrogen-bond donors (Lipinski definition) is 1. The number of nitrogens with zero attached hydrogens (tertiary/aromatic N) is 3. The molecule has 0 radical (unpaired) electrons. The first kappa shape index (κ1) is 18.1. The van der Waals surface area contributed by atoms with E-state index in [0.29, 0.717) is 12.3 Å². The summed E-state index contributed by atoms with van der Waals surface area (Å²) in [6.45, 7) is 9.32. The predicted molar refractivity (Wildman–Crippen MR) is 93.6 cm³/mol. The summed E-state index contributed by atoms with van der Waals surface area (Å²) < 4.78 is 5.07. The zero-order chi connectivity index (χ0) is 17.4. The highest BCUT2D eigenvalue weighted by molar-refractivity contribution is 5.94. The number of nitrogens with one attached hydrogen (secondary N) is 1. The molecule has 0 unspecified atom stereocenters. The molecule has 0 saturated heterocycles. The molecule has 0 aliphatic carbocycles. The van der Waals surface area contributed by atoms with Crippen molar-refractivity contribution < 1.29 is 9.53 Å². The molecule has 6 heteroatoms. The van der Waals surface area contributed by atoms with Gasteiger partial charge in [-0.15, -0.1) is 5.10 Å². The van der Waals surface area contributed by atoms with Crippen LogP contribution in [0.25, 0.3) is 11.3 Å². The molecule has 0 spiro atoms. The molecule has 0 saturated carbocycles. The molecule has 1 heterocycles. The summed E-state index contributed by atoms with van der Waals surface area (Å²) in [5.41, 5.74) is 2.84. The third kappa shape index (κ3) is 4.41. The number of esters is 1. The Balaban J connectivity index is 2.29. The third-order valence-electron chi connectivity index (χ3n) is 3.96. The molecule has 6 nitrogen and oxygen atoms in total. The lowest BCUT2D eigenvalue weighted by molar-refractivity contribution is 0.0520. The highest BCUT2D eigenvalue weighted by Gasteiger charge is 2.21. The van der Waals surface area contributed by atoms with Crippen LogP contribution in [0.1, 0.15) is 49.7 Å². The second kappa shape index (κ2) is 9.17. The van der Waals surface area contributed by atoms with E-state index < -0.39 is 5.97 Å². The predicted octanol–water partition coefficient (Wildman–Crippen LogP) is 3.27. The van der Waals surface area contributed by atoms with Crippen molar-refractivity contribution in [1.82, 2.24) is 20.3 Å². The van der Waals surface area contributed by atoms with Gasteiger partial charge in [0.25, 0.3) is 0 Å². The average Bonchev–Trinajstić information content (AvgIpc) is 3.08. The number of hydrogen-bond acceptors (Lipinski definition) is 5. The first-order chi connectivity index (χ1) is 11.7. The summed E-state index contributed by atoms with van der Waals surface area (Å²) in [6.07, 6.45) is 2.35. The van der Waals surface area contributed by atoms with E-state index in [4.69, 9.17) is 4.74 Å². The average molecular weight is 330 g/mol. The largest absolute Gasteiger partial charge is 0.461 e. The van der Waals surface area contributed by atoms with Gasteiger partial charge in [-0.1, -0.05) is 44.5 Å². The van der Waals surface area contributed by atoms with E-state index in [1.807, 2.05) is 18.2 Å². The van der Waals surface area contributed by atoms with Gasteiger partial charge in [0.05, 0.1) is 6.61 Å². The van der Waals surface area contributed by atoms with Gasteiger partial charge in [0, 0.05) is 12.1 Å². The van der Waals surface area contributed by atoms with Crippen LogP contribution in [0.3, 0.4) is 0 Å². The molecule has 1 aromatic heterocycles. The minimum atomic E-state index is -0.450. The van der Waals surface area contributed by atoms with E-state index >= 15 is 0 Å². The minimum Gasteiger partial charge on any atom is -0.461 e. The van der Waals surface area contributed by atoms with Crippen molar-refractivity contribution in [1.29, 1.82) is 0 Å². The van der Waals surface area contributed by atoms with Gasteiger partial charge in [-0.05, 0) is 32.0 Å². The molecular formula is C18H26N4O2. The van der Waals surface area contributed by atoms with E-state index in [1.54, 1.807) is 6.92 Å². The van der Waals surface area contributed by atoms with Crippen molar-refractivity contribution >= 4 is 5.97 Å². The standard InChI is InChI=1S/C18H26N4O2/c1-4-7-12-22(5-2)13-14-10-8-9-11-15(14)16-17(20-21-19-16)18(23)24-6-3/h8-11H,4-7,12-13H2,1-3H3,(H,19,20,21). The van der Waals surface area contributed by atoms with Gasteiger partial charge in [0.15, 0.2) is 5.69 Å². The molecule has 1 N–H and O–H groups in total. The summed E-state index contributed by atoms with van der Waals surface area (Å²) in [6, 6.07) is 8.01. The zero-order valence-corrected chi connectivity index (χ0v) is 14.7. The molecule has 2 rings (SSSR count). The van der Waals surface area contributed by atoms with Crippen LogP contribution >= 0.6 is 0 Å². The Kier molecular flexibility index (Phi) is 6.93. The maximum atomic E-state index is 12.1. The van der Waals surface area contributed by atoms with E-state index in [9.17, 15) is 4.79 Å². The van der Waals surface area contributed by atoms with Crippen LogP contribution in [0.2, 0.25) is 0 Å². The highest BCUT2D eigenvalue weighted by Crippen LogP contribution is 2.25. The van der Waals surface area contributed by atoms with Crippen LogP contribution in [-0.2, 0) is 11.3 Å². The Morgan fingerprint density at radius 3 is 2.71 bits per heavy atom. The number of H-pyrrole nitrogens is 1. The number of unbranched alkanes of at least 4 members (excludes halogenated alkanes) is 1. The molecule has 0 amide bonds. The molecule has 2 aromatic rings. The molecule has 0 fully saturated rings. The molecular weight excluding hydrogens is 304 g/mol. The second-order valence-corrected chi connectivity index (χ2v) is 5.62. The van der Waals surface area contributed by atoms with Gasteiger partial charge in [-0.3, -0.25) is 4.90 Å². The minimum absolute atomic E-state index is 0.237. The number of benzene rings is 1. The SMILES string of the molecule is CCCCN(CC)Cc1ccccc1-c1n[nH]nc1C(=O)OCC. The number of aromatic amines is 1. The van der Waals surface area contributed by atoms with Gasteiger partial charge in [0.1, 0.15) is 5.69 Å². The Morgan fingerprint density at radius 1 is 1.21 bits per heavy atom. The number of carbonyl (C=O) groups excluding carboxylic acids is 1. The highest BCUT2D eigenvalue weighted by atomic mass is 16.5. The van der Waals surface area contributed by atoms with Crippen molar-refractivity contribution in [3.05, 3.63) is 35.5 Å². The molecule has 1 aromatic carbocycles. The van der Waals surface area contributed by atoms with Crippen LogP contribution in [-0.4, -0.2) is 46.0 Å². The monoisotopic (exact) mass is 330 g/mol. The lowest BCUT2D eigenvalue weighted by Crippen LogP contribution is -2.24. The number of rotatable bonds is 9. The smallest absolute Gasteiger partial charge is 0.361 e. The van der Waals surface area contributed by atoms with Crippen LogP contribution in [0.15, 0.2) is 24.3 Å². The summed E-state index contributed by atoms with van der Waals surface area (Å²) in [5.74, 6) is -0.450. The Labute approximate surface area is 143 Å². The van der Waals surface area contributed by atoms with Crippen molar-refractivity contribution in [2.24, 2.45) is 0 Å². The summed E-state index contributed by atoms with van der Waals surface area (Å²) in [4.78, 5) is 14.5. The molecule has 24 heavy (non-hydrogen) atoms. The van der Waals surface area contributed by atoms with E-state index in [0.717, 1.165) is 30.8 Å². The van der Waals surface area contributed by atoms with Crippen LogP contribution < -0.4 is 0 Å². The quantitative estimate of drug-likeness (QED) is 0.715. The summed E-state index contributed by atoms with van der Waals surface area (Å²) in [7, 11) is 0. The first-order valence-corrected chi connectivity index (χ1v) is 8.59. The number of carbonyl (C=O) groups is 1. The van der Waals surface area contributed by atoms with Crippen molar-refractivity contribution in [2.45, 2.75) is 40.2 Å². The van der Waals surface area contributed by atoms with Gasteiger partial charge >= 0.3 is 5.97 Å². The number of ether oxygens (including phenoxy) is 1. The van der Waals surface area contributed by atoms with E-state index in [-0.39, 0.29) is 5.69 Å². The fraction of sp³-hybridized carbons (Fsp3) is 0.500. The molecule has 130 valence electrons. The second-order valence-electron chi connectivity index (χ2n) is 5.62. The topological polar surface area (TPSA) is 71.1 Å². The number of aromatic nitrogens is 3. The zero-order valence-electron chi connectivity index (χ0n) is 14.7. The van der Waals surface area contributed by atoms with Gasteiger partial charge in [0.2, 0.25) is 0 Å². The Morgan fingerprint density at radius 2 is 2.00 bits per heavy atom. The lowest BCUT2D eigenvalue weighted by Gasteiger charge is -2.21. The summed E-state index contributed by atoms with van der Waals surface area (Å²) >= 11 is 0. The van der Waals surface area contributed by atoms with Gasteiger partial charge in [-0.2, -0.15) is 10.3 Å². The van der Waals surface area contributed by atoms with Crippen LogP contribution in [0.5, 0.6) is 0 Å².